The minimum absolute atomic E-state index is 0.318. The number of rotatable bonds is 7. The lowest BCUT2D eigenvalue weighted by atomic mass is 10.3. The maximum atomic E-state index is 12.2. The monoisotopic (exact) mass is 455 g/mol. The molecule has 2 aromatic heterocycles. The van der Waals surface area contributed by atoms with Crippen LogP contribution in [-0.4, -0.2) is 38.2 Å². The van der Waals surface area contributed by atoms with Crippen LogP contribution in [0.25, 0.3) is 16.8 Å². The van der Waals surface area contributed by atoms with E-state index in [0.717, 1.165) is 60.4 Å². The molecule has 9 heteroatoms. The average Bonchev–Trinajstić information content (AvgIpc) is 3.50. The zero-order chi connectivity index (χ0) is 21.2. The highest BCUT2D eigenvalue weighted by Crippen LogP contribution is 2.32. The molecule has 0 saturated carbocycles. The SMILES string of the molecule is O=c1oc2ccccc2n1CCCSc1nnc(N2CCCC2)n1-c1ccccc1Cl. The molecule has 1 saturated heterocycles. The highest BCUT2D eigenvalue weighted by Gasteiger charge is 2.23. The lowest BCUT2D eigenvalue weighted by Gasteiger charge is -2.19. The van der Waals surface area contributed by atoms with E-state index in [4.69, 9.17) is 16.0 Å². The van der Waals surface area contributed by atoms with E-state index in [9.17, 15) is 4.79 Å². The van der Waals surface area contributed by atoms with Gasteiger partial charge in [-0.05, 0) is 43.5 Å². The largest absolute Gasteiger partial charge is 0.419 e. The zero-order valence-electron chi connectivity index (χ0n) is 16.9. The zero-order valence-corrected chi connectivity index (χ0v) is 18.5. The first kappa shape index (κ1) is 20.2. The molecule has 0 unspecified atom stereocenters. The number of hydrogen-bond acceptors (Lipinski definition) is 6. The standard InChI is InChI=1S/C22H22ClN5O2S/c23-16-8-1-2-9-17(16)28-20(26-12-5-6-13-26)24-25-21(28)31-15-7-14-27-18-10-3-4-11-19(18)30-22(27)29/h1-4,8-11H,5-7,12-15H2. The molecule has 0 N–H and O–H groups in total. The van der Waals surface area contributed by atoms with Crippen LogP contribution in [0.4, 0.5) is 5.95 Å². The number of aryl methyl sites for hydroxylation is 1. The van der Waals surface area contributed by atoms with Gasteiger partial charge in [-0.3, -0.25) is 9.13 Å². The summed E-state index contributed by atoms with van der Waals surface area (Å²) < 4.78 is 9.06. The van der Waals surface area contributed by atoms with Crippen molar-refractivity contribution in [2.45, 2.75) is 31.0 Å². The van der Waals surface area contributed by atoms with E-state index < -0.39 is 0 Å². The first-order valence-corrected chi connectivity index (χ1v) is 11.7. The summed E-state index contributed by atoms with van der Waals surface area (Å²) in [5.74, 6) is 1.31. The van der Waals surface area contributed by atoms with Crippen LogP contribution in [0, 0.1) is 0 Å². The number of fused-ring (bicyclic) bond motifs is 1. The molecule has 2 aromatic carbocycles. The fourth-order valence-corrected chi connectivity index (χ4v) is 5.02. The van der Waals surface area contributed by atoms with Crippen LogP contribution in [0.15, 0.2) is 62.9 Å². The van der Waals surface area contributed by atoms with Gasteiger partial charge in [0.05, 0.1) is 16.2 Å². The Morgan fingerprint density at radius 2 is 1.81 bits per heavy atom. The third-order valence-corrected chi connectivity index (χ3v) is 6.76. The van der Waals surface area contributed by atoms with E-state index in [1.807, 2.05) is 48.5 Å². The van der Waals surface area contributed by atoms with Crippen LogP contribution in [-0.2, 0) is 6.54 Å². The minimum atomic E-state index is -0.318. The van der Waals surface area contributed by atoms with Crippen molar-refractivity contribution in [2.24, 2.45) is 0 Å². The Morgan fingerprint density at radius 1 is 1.03 bits per heavy atom. The number of para-hydroxylation sites is 3. The predicted octanol–water partition coefficient (Wildman–Crippen LogP) is 4.61. The molecule has 1 aliphatic heterocycles. The third kappa shape index (κ3) is 3.97. The predicted molar refractivity (Wildman–Crippen MR) is 124 cm³/mol. The maximum Gasteiger partial charge on any atom is 0.419 e. The smallest absolute Gasteiger partial charge is 0.408 e. The summed E-state index contributed by atoms with van der Waals surface area (Å²) in [6.07, 6.45) is 3.11. The quantitative estimate of drug-likeness (QED) is 0.299. The number of nitrogens with zero attached hydrogens (tertiary/aromatic N) is 5. The van der Waals surface area contributed by atoms with Gasteiger partial charge in [0.25, 0.3) is 0 Å². The Labute approximate surface area is 188 Å². The third-order valence-electron chi connectivity index (χ3n) is 5.43. The Bertz CT molecular complexity index is 1260. The number of thioether (sulfide) groups is 1. The van der Waals surface area contributed by atoms with Gasteiger partial charge >= 0.3 is 5.76 Å². The van der Waals surface area contributed by atoms with Gasteiger partial charge in [-0.15, -0.1) is 10.2 Å². The van der Waals surface area contributed by atoms with E-state index >= 15 is 0 Å². The van der Waals surface area contributed by atoms with Crippen molar-refractivity contribution in [1.29, 1.82) is 0 Å². The fraction of sp³-hybridized carbons (Fsp3) is 0.318. The molecule has 0 radical (unpaired) electrons. The number of halogens is 1. The number of oxazole rings is 1. The Morgan fingerprint density at radius 3 is 2.65 bits per heavy atom. The molecule has 0 aliphatic carbocycles. The normalized spacial score (nSPS) is 14.0. The minimum Gasteiger partial charge on any atom is -0.408 e. The average molecular weight is 456 g/mol. The van der Waals surface area contributed by atoms with Crippen LogP contribution < -0.4 is 10.7 Å². The summed E-state index contributed by atoms with van der Waals surface area (Å²) in [6, 6.07) is 15.3. The lowest BCUT2D eigenvalue weighted by molar-refractivity contribution is 0.503. The van der Waals surface area contributed by atoms with E-state index in [-0.39, 0.29) is 5.76 Å². The van der Waals surface area contributed by atoms with E-state index in [2.05, 4.69) is 19.7 Å². The van der Waals surface area contributed by atoms with Gasteiger partial charge in [0.2, 0.25) is 5.95 Å². The van der Waals surface area contributed by atoms with Crippen molar-refractivity contribution in [2.75, 3.05) is 23.7 Å². The number of aromatic nitrogens is 4. The van der Waals surface area contributed by atoms with E-state index in [1.54, 1.807) is 16.3 Å². The summed E-state index contributed by atoms with van der Waals surface area (Å²) in [7, 11) is 0. The Hall–Kier alpha value is -2.71. The van der Waals surface area contributed by atoms with Gasteiger partial charge in [-0.25, -0.2) is 4.79 Å². The lowest BCUT2D eigenvalue weighted by Crippen LogP contribution is -2.22. The molecule has 7 nitrogen and oxygen atoms in total. The van der Waals surface area contributed by atoms with Gasteiger partial charge in [0, 0.05) is 25.4 Å². The topological polar surface area (TPSA) is 69.1 Å². The van der Waals surface area contributed by atoms with Gasteiger partial charge in [0.15, 0.2) is 10.7 Å². The first-order valence-electron chi connectivity index (χ1n) is 10.4. The molecule has 5 rings (SSSR count). The van der Waals surface area contributed by atoms with E-state index in [0.29, 0.717) is 17.2 Å². The second kappa shape index (κ2) is 8.80. The summed E-state index contributed by atoms with van der Waals surface area (Å²) >= 11 is 8.14. The van der Waals surface area contributed by atoms with Crippen LogP contribution in [0.2, 0.25) is 5.02 Å². The van der Waals surface area contributed by atoms with Gasteiger partial charge in [-0.2, -0.15) is 0 Å². The molecule has 3 heterocycles. The number of benzene rings is 2. The van der Waals surface area contributed by atoms with Crippen LogP contribution in [0.3, 0.4) is 0 Å². The molecule has 0 spiro atoms. The number of hydrogen-bond donors (Lipinski definition) is 0. The van der Waals surface area contributed by atoms with Crippen molar-refractivity contribution in [1.82, 2.24) is 19.3 Å². The molecular formula is C22H22ClN5O2S. The summed E-state index contributed by atoms with van der Waals surface area (Å²) in [5, 5.41) is 10.4. The van der Waals surface area contributed by atoms with Crippen molar-refractivity contribution in [3.05, 3.63) is 64.1 Å². The molecule has 1 aliphatic rings. The molecule has 0 amide bonds. The Kier molecular flexibility index (Phi) is 5.74. The molecule has 4 aromatic rings. The molecule has 1 fully saturated rings. The van der Waals surface area contributed by atoms with Crippen LogP contribution in [0.5, 0.6) is 0 Å². The molecule has 0 bridgehead atoms. The summed E-state index contributed by atoms with van der Waals surface area (Å²) in [4.78, 5) is 14.4. The second-order valence-electron chi connectivity index (χ2n) is 7.45. The van der Waals surface area contributed by atoms with Gasteiger partial charge < -0.3 is 9.32 Å². The van der Waals surface area contributed by atoms with Crippen molar-refractivity contribution in [3.8, 4) is 5.69 Å². The fourth-order valence-electron chi connectivity index (χ4n) is 3.93. The first-order chi connectivity index (χ1) is 15.2. The van der Waals surface area contributed by atoms with Crippen molar-refractivity contribution < 1.29 is 4.42 Å². The highest BCUT2D eigenvalue weighted by molar-refractivity contribution is 7.99. The van der Waals surface area contributed by atoms with Crippen molar-refractivity contribution >= 4 is 40.4 Å². The Balaban J connectivity index is 1.35. The van der Waals surface area contributed by atoms with Gasteiger partial charge in [-0.1, -0.05) is 47.6 Å². The summed E-state index contributed by atoms with van der Waals surface area (Å²) in [6.45, 7) is 2.54. The van der Waals surface area contributed by atoms with Crippen LogP contribution in [0.1, 0.15) is 19.3 Å². The molecule has 0 atom stereocenters. The summed E-state index contributed by atoms with van der Waals surface area (Å²) in [5.41, 5.74) is 2.33. The maximum absolute atomic E-state index is 12.2. The number of anilines is 1. The molecule has 160 valence electrons. The van der Waals surface area contributed by atoms with E-state index in [1.165, 1.54) is 0 Å². The van der Waals surface area contributed by atoms with Crippen LogP contribution >= 0.6 is 23.4 Å². The second-order valence-corrected chi connectivity index (χ2v) is 8.92. The highest BCUT2D eigenvalue weighted by atomic mass is 35.5. The molecular weight excluding hydrogens is 434 g/mol. The van der Waals surface area contributed by atoms with Gasteiger partial charge in [0.1, 0.15) is 0 Å². The van der Waals surface area contributed by atoms with Crippen molar-refractivity contribution in [3.63, 3.8) is 0 Å². The molecule has 31 heavy (non-hydrogen) atoms.